The zero-order valence-corrected chi connectivity index (χ0v) is 20.2. The Kier molecular flexibility index (Phi) is 7.50. The fourth-order valence-corrected chi connectivity index (χ4v) is 4.79. The van der Waals surface area contributed by atoms with Gasteiger partial charge in [-0.1, -0.05) is 55.5 Å². The third kappa shape index (κ3) is 5.46. The van der Waals surface area contributed by atoms with Crippen molar-refractivity contribution in [2.45, 2.75) is 38.5 Å². The number of fused-ring (bicyclic) bond motifs is 1. The molecule has 0 saturated carbocycles. The standard InChI is InChI=1S/C29H28F3NO3/c1-3-14-33(26-12-9-20-6-4-5-7-24(20)26)18-21-17-22(29(30,31)32)10-11-23(21)25-15-19(16-28(34)35)8-13-27(25)36-2/h4-13,15,17,26H,3,14,16,18H2,1-2H3,(H,34,35). The predicted octanol–water partition coefficient (Wildman–Crippen LogP) is 6.99. The van der Waals surface area contributed by atoms with Crippen LogP contribution in [0.5, 0.6) is 5.75 Å². The summed E-state index contributed by atoms with van der Waals surface area (Å²) >= 11 is 0. The summed E-state index contributed by atoms with van der Waals surface area (Å²) in [6.07, 6.45) is 0.282. The summed E-state index contributed by atoms with van der Waals surface area (Å²) < 4.78 is 46.7. The van der Waals surface area contributed by atoms with Gasteiger partial charge in [-0.05, 0) is 65.0 Å². The van der Waals surface area contributed by atoms with Crippen LogP contribution in [0, 0.1) is 0 Å². The van der Waals surface area contributed by atoms with E-state index >= 15 is 0 Å². The van der Waals surface area contributed by atoms with Gasteiger partial charge in [-0.2, -0.15) is 13.2 Å². The Morgan fingerprint density at radius 3 is 2.53 bits per heavy atom. The fourth-order valence-electron chi connectivity index (χ4n) is 4.79. The predicted molar refractivity (Wildman–Crippen MR) is 134 cm³/mol. The molecule has 0 aliphatic heterocycles. The van der Waals surface area contributed by atoms with Crippen LogP contribution < -0.4 is 4.74 Å². The molecule has 1 unspecified atom stereocenters. The molecule has 0 spiro atoms. The number of ether oxygens (including phenoxy) is 1. The maximum atomic E-state index is 13.7. The lowest BCUT2D eigenvalue weighted by Crippen LogP contribution is -2.28. The van der Waals surface area contributed by atoms with E-state index in [4.69, 9.17) is 4.74 Å². The Hall–Kier alpha value is -3.58. The van der Waals surface area contributed by atoms with Gasteiger partial charge in [0.15, 0.2) is 0 Å². The number of nitrogens with zero attached hydrogens (tertiary/aromatic N) is 1. The maximum absolute atomic E-state index is 13.7. The Balaban J connectivity index is 1.82. The monoisotopic (exact) mass is 495 g/mol. The zero-order chi connectivity index (χ0) is 25.9. The quantitative estimate of drug-likeness (QED) is 0.348. The molecule has 0 aromatic heterocycles. The van der Waals surface area contributed by atoms with Crippen molar-refractivity contribution in [2.24, 2.45) is 0 Å². The van der Waals surface area contributed by atoms with Crippen LogP contribution in [0.4, 0.5) is 13.2 Å². The van der Waals surface area contributed by atoms with Crippen molar-refractivity contribution in [2.75, 3.05) is 13.7 Å². The highest BCUT2D eigenvalue weighted by atomic mass is 19.4. The largest absolute Gasteiger partial charge is 0.496 e. The average Bonchev–Trinajstić information content (AvgIpc) is 3.27. The van der Waals surface area contributed by atoms with Crippen LogP contribution in [0.25, 0.3) is 17.2 Å². The number of alkyl halides is 3. The minimum absolute atomic E-state index is 0.0521. The first kappa shape index (κ1) is 25.5. The lowest BCUT2D eigenvalue weighted by Gasteiger charge is -2.30. The summed E-state index contributed by atoms with van der Waals surface area (Å²) in [7, 11) is 1.49. The number of benzene rings is 3. The van der Waals surface area contributed by atoms with E-state index in [9.17, 15) is 23.1 Å². The van der Waals surface area contributed by atoms with Crippen molar-refractivity contribution in [1.82, 2.24) is 4.90 Å². The molecule has 0 saturated heterocycles. The van der Waals surface area contributed by atoms with Gasteiger partial charge in [0.2, 0.25) is 0 Å². The van der Waals surface area contributed by atoms with E-state index in [0.717, 1.165) is 23.6 Å². The third-order valence-electron chi connectivity index (χ3n) is 6.39. The number of hydrogen-bond donors (Lipinski definition) is 1. The highest BCUT2D eigenvalue weighted by Crippen LogP contribution is 2.40. The van der Waals surface area contributed by atoms with Crippen LogP contribution in [0.1, 0.15) is 47.2 Å². The van der Waals surface area contributed by atoms with Crippen molar-refractivity contribution in [3.63, 3.8) is 0 Å². The molecule has 0 radical (unpaired) electrons. The molecule has 4 rings (SSSR count). The van der Waals surface area contributed by atoms with Crippen LogP contribution >= 0.6 is 0 Å². The van der Waals surface area contributed by atoms with E-state index in [1.807, 2.05) is 37.3 Å². The smallest absolute Gasteiger partial charge is 0.416 e. The first-order chi connectivity index (χ1) is 17.2. The Morgan fingerprint density at radius 2 is 1.83 bits per heavy atom. The van der Waals surface area contributed by atoms with Crippen LogP contribution in [0.3, 0.4) is 0 Å². The van der Waals surface area contributed by atoms with Gasteiger partial charge in [0.25, 0.3) is 0 Å². The topological polar surface area (TPSA) is 49.8 Å². The summed E-state index contributed by atoms with van der Waals surface area (Å²) in [5.74, 6) is -0.516. The highest BCUT2D eigenvalue weighted by molar-refractivity contribution is 5.77. The van der Waals surface area contributed by atoms with Gasteiger partial charge in [-0.3, -0.25) is 9.69 Å². The first-order valence-electron chi connectivity index (χ1n) is 11.8. The number of methoxy groups -OCH3 is 1. The van der Waals surface area contributed by atoms with Gasteiger partial charge >= 0.3 is 12.1 Å². The SMILES string of the molecule is CCCN(Cc1cc(C(F)(F)F)ccc1-c1cc(CC(=O)O)ccc1OC)C1C=Cc2ccccc21. The molecule has 1 aliphatic carbocycles. The minimum atomic E-state index is -4.49. The van der Waals surface area contributed by atoms with E-state index < -0.39 is 17.7 Å². The van der Waals surface area contributed by atoms with Crippen molar-refractivity contribution >= 4 is 12.0 Å². The molecule has 0 bridgehead atoms. The average molecular weight is 496 g/mol. The number of hydrogen-bond acceptors (Lipinski definition) is 3. The second-order valence-corrected chi connectivity index (χ2v) is 8.88. The van der Waals surface area contributed by atoms with Crippen LogP contribution in [0.15, 0.2) is 66.7 Å². The lowest BCUT2D eigenvalue weighted by molar-refractivity contribution is -0.138. The Morgan fingerprint density at radius 1 is 1.06 bits per heavy atom. The summed E-state index contributed by atoms with van der Waals surface area (Å²) in [5, 5.41) is 9.25. The summed E-state index contributed by atoms with van der Waals surface area (Å²) in [5.41, 5.74) is 3.71. The molecule has 3 aromatic rings. The lowest BCUT2D eigenvalue weighted by atomic mass is 9.93. The van der Waals surface area contributed by atoms with Crippen LogP contribution in [0.2, 0.25) is 0 Å². The van der Waals surface area contributed by atoms with Gasteiger partial charge in [0.1, 0.15) is 5.75 Å². The summed E-state index contributed by atoms with van der Waals surface area (Å²) in [4.78, 5) is 13.5. The molecule has 1 aliphatic rings. The molecule has 1 atom stereocenters. The summed E-state index contributed by atoms with van der Waals surface area (Å²) in [6, 6.07) is 16.7. The molecular weight excluding hydrogens is 467 g/mol. The van der Waals surface area contributed by atoms with Crippen molar-refractivity contribution in [1.29, 1.82) is 0 Å². The number of carboxylic acids is 1. The normalized spacial score (nSPS) is 14.8. The van der Waals surface area contributed by atoms with Crippen molar-refractivity contribution in [3.8, 4) is 16.9 Å². The summed E-state index contributed by atoms with van der Waals surface area (Å²) in [6.45, 7) is 3.01. The second-order valence-electron chi connectivity index (χ2n) is 8.88. The van der Waals surface area contributed by atoms with E-state index in [1.54, 1.807) is 18.2 Å². The van der Waals surface area contributed by atoms with Crippen LogP contribution in [-0.2, 0) is 23.9 Å². The van der Waals surface area contributed by atoms with Gasteiger partial charge in [0.05, 0.1) is 25.1 Å². The van der Waals surface area contributed by atoms with Crippen molar-refractivity contribution < 1.29 is 27.8 Å². The third-order valence-corrected chi connectivity index (χ3v) is 6.39. The van der Waals surface area contributed by atoms with Gasteiger partial charge in [-0.25, -0.2) is 0 Å². The number of rotatable bonds is 9. The zero-order valence-electron chi connectivity index (χ0n) is 20.2. The number of halogens is 3. The van der Waals surface area contributed by atoms with E-state index in [1.165, 1.54) is 19.2 Å². The number of aliphatic carboxylic acids is 1. The van der Waals surface area contributed by atoms with E-state index in [2.05, 4.69) is 11.0 Å². The van der Waals surface area contributed by atoms with Gasteiger partial charge in [0, 0.05) is 12.1 Å². The molecule has 7 heteroatoms. The van der Waals surface area contributed by atoms with Gasteiger partial charge < -0.3 is 9.84 Å². The van der Waals surface area contributed by atoms with Crippen LogP contribution in [-0.4, -0.2) is 29.6 Å². The molecule has 1 N–H and O–H groups in total. The number of carbonyl (C=O) groups is 1. The number of carboxylic acid groups (broad SMARTS) is 1. The van der Waals surface area contributed by atoms with Crippen molar-refractivity contribution in [3.05, 3.63) is 94.6 Å². The minimum Gasteiger partial charge on any atom is -0.496 e. The Bertz CT molecular complexity index is 1280. The molecule has 0 fully saturated rings. The molecule has 0 amide bonds. The van der Waals surface area contributed by atoms with E-state index in [-0.39, 0.29) is 19.0 Å². The molecule has 0 heterocycles. The molecule has 188 valence electrons. The maximum Gasteiger partial charge on any atom is 0.416 e. The molecule has 3 aromatic carbocycles. The van der Waals surface area contributed by atoms with E-state index in [0.29, 0.717) is 34.5 Å². The van der Waals surface area contributed by atoms with Gasteiger partial charge in [-0.15, -0.1) is 0 Å². The molecule has 4 nitrogen and oxygen atoms in total. The second kappa shape index (κ2) is 10.6. The molecular formula is C29H28F3NO3. The fraction of sp³-hybridized carbons (Fsp3) is 0.276. The Labute approximate surface area is 208 Å². The first-order valence-corrected chi connectivity index (χ1v) is 11.8. The highest BCUT2D eigenvalue weighted by Gasteiger charge is 2.32. The molecule has 36 heavy (non-hydrogen) atoms.